The fourth-order valence-corrected chi connectivity index (χ4v) is 1.85. The van der Waals surface area contributed by atoms with Gasteiger partial charge in [0, 0.05) is 0 Å². The van der Waals surface area contributed by atoms with Gasteiger partial charge in [-0.05, 0) is 18.3 Å². The van der Waals surface area contributed by atoms with Crippen LogP contribution in [0.5, 0.6) is 0 Å². The Balaban J connectivity index is 2.60. The highest BCUT2D eigenvalue weighted by Gasteiger charge is 2.35. The summed E-state index contributed by atoms with van der Waals surface area (Å²) in [5.41, 5.74) is 0. The minimum absolute atomic E-state index is 0.0430. The van der Waals surface area contributed by atoms with Gasteiger partial charge in [0.1, 0.15) is 12.1 Å². The van der Waals surface area contributed by atoms with Crippen LogP contribution in [-0.2, 0) is 9.59 Å². The monoisotopic (exact) mass is 226 g/mol. The molecule has 1 heterocycles. The van der Waals surface area contributed by atoms with Crippen molar-refractivity contribution in [1.82, 2.24) is 10.6 Å². The Hall–Kier alpha value is -1.06. The zero-order valence-corrected chi connectivity index (χ0v) is 10.5. The summed E-state index contributed by atoms with van der Waals surface area (Å²) in [5, 5.41) is 5.61. The molecule has 0 saturated carbocycles. The highest BCUT2D eigenvalue weighted by molar-refractivity contribution is 5.97. The molecule has 1 aliphatic heterocycles. The zero-order valence-electron chi connectivity index (χ0n) is 10.5. The summed E-state index contributed by atoms with van der Waals surface area (Å²) in [6.07, 6.45) is 1.74. The molecular weight excluding hydrogens is 204 g/mol. The van der Waals surface area contributed by atoms with Crippen LogP contribution < -0.4 is 10.6 Å². The van der Waals surface area contributed by atoms with Crippen LogP contribution in [0.15, 0.2) is 0 Å². The molecule has 92 valence electrons. The smallest absolute Gasteiger partial charge is 0.243 e. The first-order valence-electron chi connectivity index (χ1n) is 6.06. The van der Waals surface area contributed by atoms with E-state index < -0.39 is 0 Å². The molecule has 0 aromatic heterocycles. The predicted molar refractivity (Wildman–Crippen MR) is 62.8 cm³/mol. The molecule has 4 heteroatoms. The number of rotatable bonds is 4. The van der Waals surface area contributed by atoms with Gasteiger partial charge in [-0.15, -0.1) is 0 Å². The first-order chi connectivity index (χ1) is 7.45. The first kappa shape index (κ1) is 13.0. The number of hydrogen-bond donors (Lipinski definition) is 2. The molecule has 3 unspecified atom stereocenters. The Bertz CT molecular complexity index is 276. The highest BCUT2D eigenvalue weighted by atomic mass is 16.2. The number of amides is 2. The second-order valence-electron chi connectivity index (χ2n) is 5.04. The van der Waals surface area contributed by atoms with Gasteiger partial charge in [0.2, 0.25) is 11.8 Å². The maximum atomic E-state index is 11.8. The van der Waals surface area contributed by atoms with E-state index in [9.17, 15) is 9.59 Å². The number of piperazine rings is 1. The van der Waals surface area contributed by atoms with E-state index in [-0.39, 0.29) is 29.8 Å². The SMILES string of the molecule is CCC(C)CC1NC(=O)C(C(C)C)NC1=O. The summed E-state index contributed by atoms with van der Waals surface area (Å²) >= 11 is 0. The molecule has 1 rings (SSSR count). The van der Waals surface area contributed by atoms with Crippen molar-refractivity contribution >= 4 is 11.8 Å². The van der Waals surface area contributed by atoms with Gasteiger partial charge < -0.3 is 10.6 Å². The number of nitrogens with one attached hydrogen (secondary N) is 2. The van der Waals surface area contributed by atoms with E-state index >= 15 is 0 Å². The summed E-state index contributed by atoms with van der Waals surface area (Å²) in [5.74, 6) is 0.488. The predicted octanol–water partition coefficient (Wildman–Crippen LogP) is 1.06. The molecule has 0 aliphatic carbocycles. The Morgan fingerprint density at radius 3 is 2.25 bits per heavy atom. The summed E-state index contributed by atoms with van der Waals surface area (Å²) in [6.45, 7) is 8.04. The van der Waals surface area contributed by atoms with Gasteiger partial charge in [0.15, 0.2) is 0 Å². The largest absolute Gasteiger partial charge is 0.343 e. The highest BCUT2D eigenvalue weighted by Crippen LogP contribution is 2.14. The summed E-state index contributed by atoms with van der Waals surface area (Å²) in [7, 11) is 0. The van der Waals surface area contributed by atoms with E-state index in [0.29, 0.717) is 5.92 Å². The minimum Gasteiger partial charge on any atom is -0.343 e. The molecule has 3 atom stereocenters. The second-order valence-corrected chi connectivity index (χ2v) is 5.04. The van der Waals surface area contributed by atoms with Gasteiger partial charge >= 0.3 is 0 Å². The van der Waals surface area contributed by atoms with Crippen LogP contribution >= 0.6 is 0 Å². The van der Waals surface area contributed by atoms with E-state index in [1.54, 1.807) is 0 Å². The van der Waals surface area contributed by atoms with Crippen molar-refractivity contribution in [3.63, 3.8) is 0 Å². The van der Waals surface area contributed by atoms with Crippen molar-refractivity contribution < 1.29 is 9.59 Å². The Labute approximate surface area is 97.2 Å². The topological polar surface area (TPSA) is 58.2 Å². The molecule has 1 fully saturated rings. The molecule has 0 bridgehead atoms. The van der Waals surface area contributed by atoms with Crippen LogP contribution in [0.2, 0.25) is 0 Å². The molecule has 2 N–H and O–H groups in total. The second kappa shape index (κ2) is 5.32. The third kappa shape index (κ3) is 2.97. The van der Waals surface area contributed by atoms with Crippen molar-refractivity contribution in [3.8, 4) is 0 Å². The molecule has 0 aromatic rings. The lowest BCUT2D eigenvalue weighted by molar-refractivity contribution is -0.138. The summed E-state index contributed by atoms with van der Waals surface area (Å²) < 4.78 is 0. The average molecular weight is 226 g/mol. The van der Waals surface area contributed by atoms with Crippen LogP contribution in [0.1, 0.15) is 40.5 Å². The maximum absolute atomic E-state index is 11.8. The molecule has 0 radical (unpaired) electrons. The van der Waals surface area contributed by atoms with Crippen molar-refractivity contribution in [2.75, 3.05) is 0 Å². The van der Waals surface area contributed by atoms with E-state index in [1.165, 1.54) is 0 Å². The molecule has 0 spiro atoms. The van der Waals surface area contributed by atoms with Crippen LogP contribution in [-0.4, -0.2) is 23.9 Å². The lowest BCUT2D eigenvalue weighted by atomic mass is 9.94. The molecule has 4 nitrogen and oxygen atoms in total. The fraction of sp³-hybridized carbons (Fsp3) is 0.833. The molecule has 1 saturated heterocycles. The van der Waals surface area contributed by atoms with Gasteiger partial charge in [-0.1, -0.05) is 34.1 Å². The van der Waals surface area contributed by atoms with Crippen molar-refractivity contribution in [2.24, 2.45) is 11.8 Å². The fourth-order valence-electron chi connectivity index (χ4n) is 1.85. The average Bonchev–Trinajstić information content (AvgIpc) is 2.22. The number of hydrogen-bond acceptors (Lipinski definition) is 2. The molecule has 16 heavy (non-hydrogen) atoms. The van der Waals surface area contributed by atoms with Crippen molar-refractivity contribution in [2.45, 2.75) is 52.6 Å². The quantitative estimate of drug-likeness (QED) is 0.753. The van der Waals surface area contributed by atoms with Gasteiger partial charge in [0.25, 0.3) is 0 Å². The third-order valence-corrected chi connectivity index (χ3v) is 3.21. The van der Waals surface area contributed by atoms with Gasteiger partial charge in [-0.25, -0.2) is 0 Å². The minimum atomic E-state index is -0.374. The standard InChI is InChI=1S/C12H22N2O2/c1-5-8(4)6-9-11(15)14-10(7(2)3)12(16)13-9/h7-10H,5-6H2,1-4H3,(H,13,16)(H,14,15). The number of carbonyl (C=O) groups excluding carboxylic acids is 2. The Morgan fingerprint density at radius 1 is 1.12 bits per heavy atom. The normalized spacial score (nSPS) is 27.6. The van der Waals surface area contributed by atoms with Crippen molar-refractivity contribution in [3.05, 3.63) is 0 Å². The third-order valence-electron chi connectivity index (χ3n) is 3.21. The summed E-state index contributed by atoms with van der Waals surface area (Å²) in [4.78, 5) is 23.5. The first-order valence-corrected chi connectivity index (χ1v) is 6.06. The van der Waals surface area contributed by atoms with Gasteiger partial charge in [-0.3, -0.25) is 9.59 Å². The Morgan fingerprint density at radius 2 is 1.75 bits per heavy atom. The van der Waals surface area contributed by atoms with Crippen molar-refractivity contribution in [1.29, 1.82) is 0 Å². The van der Waals surface area contributed by atoms with Crippen LogP contribution in [0, 0.1) is 11.8 Å². The van der Waals surface area contributed by atoms with E-state index in [1.807, 2.05) is 13.8 Å². The van der Waals surface area contributed by atoms with Crippen LogP contribution in [0.4, 0.5) is 0 Å². The van der Waals surface area contributed by atoms with E-state index in [0.717, 1.165) is 12.8 Å². The molecule has 0 aromatic carbocycles. The lowest BCUT2D eigenvalue weighted by Crippen LogP contribution is -2.63. The molecule has 1 aliphatic rings. The van der Waals surface area contributed by atoms with E-state index in [2.05, 4.69) is 24.5 Å². The van der Waals surface area contributed by atoms with Gasteiger partial charge in [-0.2, -0.15) is 0 Å². The number of carbonyl (C=O) groups is 2. The molecule has 2 amide bonds. The lowest BCUT2D eigenvalue weighted by Gasteiger charge is -2.32. The van der Waals surface area contributed by atoms with E-state index in [4.69, 9.17) is 0 Å². The van der Waals surface area contributed by atoms with Gasteiger partial charge in [0.05, 0.1) is 0 Å². The molecular formula is C12H22N2O2. The van der Waals surface area contributed by atoms with Crippen LogP contribution in [0.3, 0.4) is 0 Å². The summed E-state index contributed by atoms with van der Waals surface area (Å²) in [6, 6.07) is -0.724. The Kier molecular flexibility index (Phi) is 4.33. The maximum Gasteiger partial charge on any atom is 0.243 e. The van der Waals surface area contributed by atoms with Crippen LogP contribution in [0.25, 0.3) is 0 Å². The zero-order chi connectivity index (χ0) is 12.3.